The molecule has 4 aromatic rings. The number of fused-ring (bicyclic) bond motifs is 1. The average molecular weight is 547 g/mol. The Morgan fingerprint density at radius 3 is 2.47 bits per heavy atom. The summed E-state index contributed by atoms with van der Waals surface area (Å²) < 4.78 is 16.9. The van der Waals surface area contributed by atoms with Gasteiger partial charge in [0.1, 0.15) is 18.2 Å². The molecule has 6 rings (SSSR count). The second kappa shape index (κ2) is 10.3. The second-order valence-corrected chi connectivity index (χ2v) is 10.8. The van der Waals surface area contributed by atoms with Crippen molar-refractivity contribution in [2.24, 2.45) is 0 Å². The smallest absolute Gasteiger partial charge is 0.240 e. The highest BCUT2D eigenvalue weighted by atomic mass is 35.5. The SMILES string of the molecule is O=C(CN1C(=O)CSC(c2ccccc2F)c2c(-c3ccccc3)nn(-c3ccccc3Cl)c21)NC1CC1. The lowest BCUT2D eigenvalue weighted by Gasteiger charge is -2.23. The topological polar surface area (TPSA) is 67.2 Å². The molecule has 9 heteroatoms. The zero-order chi connectivity index (χ0) is 26.2. The number of hydrogen-bond donors (Lipinski definition) is 1. The third-order valence-corrected chi connectivity index (χ3v) is 8.20. The Hall–Kier alpha value is -3.62. The molecule has 3 aromatic carbocycles. The maximum Gasteiger partial charge on any atom is 0.240 e. The zero-order valence-corrected chi connectivity index (χ0v) is 21.9. The largest absolute Gasteiger partial charge is 0.352 e. The molecule has 1 aromatic heterocycles. The maximum atomic E-state index is 15.3. The van der Waals surface area contributed by atoms with Crippen LogP contribution in [0.4, 0.5) is 10.2 Å². The van der Waals surface area contributed by atoms with E-state index in [1.54, 1.807) is 28.9 Å². The number of nitrogens with one attached hydrogen (secondary N) is 1. The maximum absolute atomic E-state index is 15.3. The predicted octanol–water partition coefficient (Wildman–Crippen LogP) is 5.78. The van der Waals surface area contributed by atoms with Gasteiger partial charge in [0, 0.05) is 22.7 Å². The second-order valence-electron chi connectivity index (χ2n) is 9.35. The van der Waals surface area contributed by atoms with Crippen molar-refractivity contribution in [3.05, 3.63) is 101 Å². The number of thioether (sulfide) groups is 1. The van der Waals surface area contributed by atoms with Gasteiger partial charge >= 0.3 is 0 Å². The lowest BCUT2D eigenvalue weighted by molar-refractivity contribution is -0.123. The summed E-state index contributed by atoms with van der Waals surface area (Å²) in [6, 6.07) is 23.5. The molecule has 1 fully saturated rings. The van der Waals surface area contributed by atoms with Crippen molar-refractivity contribution >= 4 is 41.0 Å². The number of aromatic nitrogens is 2. The number of nitrogens with zero attached hydrogens (tertiary/aromatic N) is 3. The molecule has 0 spiro atoms. The molecule has 1 aliphatic heterocycles. The molecular formula is C29H24ClFN4O2S. The van der Waals surface area contributed by atoms with E-state index in [1.165, 1.54) is 22.7 Å². The van der Waals surface area contributed by atoms with Crippen LogP contribution < -0.4 is 10.2 Å². The highest BCUT2D eigenvalue weighted by Crippen LogP contribution is 2.49. The Kier molecular flexibility index (Phi) is 6.68. The number of halogens is 2. The minimum atomic E-state index is -0.543. The van der Waals surface area contributed by atoms with Gasteiger partial charge in [-0.1, -0.05) is 72.3 Å². The van der Waals surface area contributed by atoms with E-state index < -0.39 is 5.25 Å². The molecular weight excluding hydrogens is 523 g/mol. The Labute approximate surface area is 228 Å². The van der Waals surface area contributed by atoms with Gasteiger partial charge in [-0.05, 0) is 31.0 Å². The number of amides is 2. The number of para-hydroxylation sites is 1. The number of carbonyl (C=O) groups excluding carboxylic acids is 2. The zero-order valence-electron chi connectivity index (χ0n) is 20.3. The van der Waals surface area contributed by atoms with Crippen LogP contribution in [0.15, 0.2) is 78.9 Å². The minimum Gasteiger partial charge on any atom is -0.352 e. The number of hydrogen-bond acceptors (Lipinski definition) is 4. The summed E-state index contributed by atoms with van der Waals surface area (Å²) in [6.07, 6.45) is 1.87. The van der Waals surface area contributed by atoms with Gasteiger partial charge in [0.25, 0.3) is 0 Å². The summed E-state index contributed by atoms with van der Waals surface area (Å²) in [5.74, 6) is -0.372. The molecule has 38 heavy (non-hydrogen) atoms. The number of carbonyl (C=O) groups is 2. The first-order valence-corrected chi connectivity index (χ1v) is 13.8. The van der Waals surface area contributed by atoms with Crippen LogP contribution in [-0.4, -0.2) is 39.9 Å². The van der Waals surface area contributed by atoms with E-state index in [1.807, 2.05) is 48.5 Å². The summed E-state index contributed by atoms with van der Waals surface area (Å²) in [5.41, 5.74) is 3.09. The van der Waals surface area contributed by atoms with Crippen LogP contribution in [0.1, 0.15) is 29.2 Å². The van der Waals surface area contributed by atoms with Gasteiger partial charge < -0.3 is 5.32 Å². The van der Waals surface area contributed by atoms with E-state index >= 15 is 4.39 Å². The minimum absolute atomic E-state index is 0.0706. The fourth-order valence-electron chi connectivity index (χ4n) is 4.70. The molecule has 2 aliphatic rings. The third-order valence-electron chi connectivity index (χ3n) is 6.65. The van der Waals surface area contributed by atoms with E-state index in [-0.39, 0.29) is 36.0 Å². The van der Waals surface area contributed by atoms with Gasteiger partial charge in [-0.2, -0.15) is 5.10 Å². The summed E-state index contributed by atoms with van der Waals surface area (Å²) in [5, 5.41) is 7.85. The molecule has 0 radical (unpaired) electrons. The first kappa shape index (κ1) is 24.7. The standard InChI is InChI=1S/C29H24ClFN4O2S/c30-21-11-5-7-13-23(21)35-29-26(27(33-35)18-8-2-1-3-9-18)28(20-10-4-6-12-22(20)31)38-17-25(37)34(29)16-24(36)32-19-14-15-19/h1-13,19,28H,14-17H2,(H,32,36). The number of anilines is 1. The fourth-order valence-corrected chi connectivity index (χ4v) is 6.13. The summed E-state index contributed by atoms with van der Waals surface area (Å²) >= 11 is 7.97. The molecule has 0 saturated heterocycles. The summed E-state index contributed by atoms with van der Waals surface area (Å²) in [4.78, 5) is 28.1. The summed E-state index contributed by atoms with van der Waals surface area (Å²) in [6.45, 7) is -0.169. The van der Waals surface area contributed by atoms with Crippen molar-refractivity contribution < 1.29 is 14.0 Å². The molecule has 1 unspecified atom stereocenters. The third kappa shape index (κ3) is 4.70. The number of benzene rings is 3. The lowest BCUT2D eigenvalue weighted by atomic mass is 9.99. The average Bonchev–Trinajstić information content (AvgIpc) is 3.68. The van der Waals surface area contributed by atoms with E-state index in [2.05, 4.69) is 5.32 Å². The fraction of sp³-hybridized carbons (Fsp3) is 0.207. The predicted molar refractivity (Wildman–Crippen MR) is 148 cm³/mol. The first-order valence-electron chi connectivity index (χ1n) is 12.4. The Morgan fingerprint density at radius 2 is 1.74 bits per heavy atom. The van der Waals surface area contributed by atoms with Crippen LogP contribution >= 0.6 is 23.4 Å². The summed E-state index contributed by atoms with van der Waals surface area (Å²) in [7, 11) is 0. The van der Waals surface area contributed by atoms with Crippen LogP contribution in [0.25, 0.3) is 16.9 Å². The van der Waals surface area contributed by atoms with Crippen molar-refractivity contribution in [2.75, 3.05) is 17.2 Å². The van der Waals surface area contributed by atoms with Gasteiger partial charge in [0.2, 0.25) is 11.8 Å². The van der Waals surface area contributed by atoms with Crippen LogP contribution in [0, 0.1) is 5.82 Å². The van der Waals surface area contributed by atoms with Crippen molar-refractivity contribution in [2.45, 2.75) is 24.1 Å². The van der Waals surface area contributed by atoms with Gasteiger partial charge in [-0.15, -0.1) is 11.8 Å². The molecule has 2 heterocycles. The van der Waals surface area contributed by atoms with Crippen LogP contribution in [0.2, 0.25) is 5.02 Å². The molecule has 1 saturated carbocycles. The monoisotopic (exact) mass is 546 g/mol. The van der Waals surface area contributed by atoms with Crippen molar-refractivity contribution in [3.63, 3.8) is 0 Å². The van der Waals surface area contributed by atoms with Crippen molar-refractivity contribution in [1.82, 2.24) is 15.1 Å². The molecule has 1 atom stereocenters. The lowest BCUT2D eigenvalue weighted by Crippen LogP contribution is -2.43. The molecule has 6 nitrogen and oxygen atoms in total. The van der Waals surface area contributed by atoms with Gasteiger partial charge in [0.15, 0.2) is 0 Å². The van der Waals surface area contributed by atoms with E-state index in [0.717, 1.165) is 18.4 Å². The van der Waals surface area contributed by atoms with Gasteiger partial charge in [-0.25, -0.2) is 9.07 Å². The van der Waals surface area contributed by atoms with E-state index in [4.69, 9.17) is 16.7 Å². The molecule has 1 aliphatic carbocycles. The van der Waals surface area contributed by atoms with Crippen molar-refractivity contribution in [1.29, 1.82) is 0 Å². The van der Waals surface area contributed by atoms with Crippen LogP contribution in [-0.2, 0) is 9.59 Å². The van der Waals surface area contributed by atoms with Crippen LogP contribution in [0.5, 0.6) is 0 Å². The number of rotatable bonds is 6. The Morgan fingerprint density at radius 1 is 1.03 bits per heavy atom. The van der Waals surface area contributed by atoms with Gasteiger partial charge in [-0.3, -0.25) is 14.5 Å². The quantitative estimate of drug-likeness (QED) is 0.333. The molecule has 1 N–H and O–H groups in total. The van der Waals surface area contributed by atoms with Crippen LogP contribution in [0.3, 0.4) is 0 Å². The molecule has 0 bridgehead atoms. The van der Waals surface area contributed by atoms with E-state index in [9.17, 15) is 9.59 Å². The molecule has 2 amide bonds. The highest BCUT2D eigenvalue weighted by Gasteiger charge is 2.39. The highest BCUT2D eigenvalue weighted by molar-refractivity contribution is 8.00. The Balaban J connectivity index is 1.63. The van der Waals surface area contributed by atoms with E-state index in [0.29, 0.717) is 33.3 Å². The first-order chi connectivity index (χ1) is 18.5. The Bertz CT molecular complexity index is 1520. The van der Waals surface area contributed by atoms with Crippen molar-refractivity contribution in [3.8, 4) is 16.9 Å². The van der Waals surface area contributed by atoms with Gasteiger partial charge in [0.05, 0.1) is 27.4 Å². The normalized spacial score (nSPS) is 17.2. The molecule has 192 valence electrons.